The van der Waals surface area contributed by atoms with Crippen LogP contribution in [-0.4, -0.2) is 42.0 Å². The third kappa shape index (κ3) is 2.91. The maximum Gasteiger partial charge on any atom is 0.254 e. The van der Waals surface area contributed by atoms with Gasteiger partial charge in [-0.1, -0.05) is 11.6 Å². The van der Waals surface area contributed by atoms with Crippen LogP contribution in [0.5, 0.6) is 0 Å². The molecule has 1 saturated heterocycles. The van der Waals surface area contributed by atoms with Crippen LogP contribution in [-0.2, 0) is 0 Å². The van der Waals surface area contributed by atoms with E-state index in [1.807, 2.05) is 11.9 Å². The molecular formula is C20H25N3O. The number of hydrogen-bond donors (Lipinski definition) is 1. The molecule has 126 valence electrons. The highest BCUT2D eigenvalue weighted by atomic mass is 16.2. The number of nitrogens with one attached hydrogen (secondary N) is 1. The van der Waals surface area contributed by atoms with E-state index in [-0.39, 0.29) is 5.91 Å². The number of amides is 1. The van der Waals surface area contributed by atoms with Gasteiger partial charge in [-0.25, -0.2) is 0 Å². The van der Waals surface area contributed by atoms with Gasteiger partial charge in [0.25, 0.3) is 5.91 Å². The molecule has 4 nitrogen and oxygen atoms in total. The van der Waals surface area contributed by atoms with Crippen molar-refractivity contribution in [1.82, 2.24) is 15.2 Å². The van der Waals surface area contributed by atoms with Crippen molar-refractivity contribution >= 4 is 16.8 Å². The lowest BCUT2D eigenvalue weighted by Gasteiger charge is -2.32. The summed E-state index contributed by atoms with van der Waals surface area (Å²) in [6, 6.07) is 8.84. The molecule has 1 aliphatic carbocycles. The lowest BCUT2D eigenvalue weighted by molar-refractivity contribution is 0.0709. The Morgan fingerprint density at radius 1 is 1.17 bits per heavy atom. The first-order valence-electron chi connectivity index (χ1n) is 9.03. The predicted molar refractivity (Wildman–Crippen MR) is 96.4 cm³/mol. The molecule has 4 rings (SSSR count). The van der Waals surface area contributed by atoms with E-state index >= 15 is 0 Å². The zero-order chi connectivity index (χ0) is 16.7. The van der Waals surface area contributed by atoms with Crippen molar-refractivity contribution in [3.63, 3.8) is 0 Å². The Bertz CT molecular complexity index is 774. The average molecular weight is 323 g/mol. The molecule has 0 bridgehead atoms. The van der Waals surface area contributed by atoms with Crippen molar-refractivity contribution in [2.75, 3.05) is 20.1 Å². The Morgan fingerprint density at radius 2 is 1.92 bits per heavy atom. The monoisotopic (exact) mass is 323 g/mol. The smallest absolute Gasteiger partial charge is 0.254 e. The quantitative estimate of drug-likeness (QED) is 0.943. The van der Waals surface area contributed by atoms with E-state index in [1.54, 1.807) is 0 Å². The minimum Gasteiger partial charge on any atom is -0.339 e. The number of fused-ring (bicyclic) bond motifs is 1. The topological polar surface area (TPSA) is 45.2 Å². The fourth-order valence-corrected chi connectivity index (χ4v) is 3.67. The Morgan fingerprint density at radius 3 is 2.58 bits per heavy atom. The number of carbonyl (C=O) groups excluding carboxylic acids is 1. The van der Waals surface area contributed by atoms with E-state index in [1.165, 1.54) is 18.4 Å². The standard InChI is InChI=1S/C20H25N3O/c1-13-3-6-18-16(11-13)17(12-19(22-18)14-4-5-14)20(24)23-9-7-15(21-2)8-10-23/h3,6,11-12,14-15,21H,4-5,7-10H2,1-2H3. The Hall–Kier alpha value is -1.94. The number of carbonyl (C=O) groups is 1. The minimum atomic E-state index is 0.171. The first kappa shape index (κ1) is 15.6. The van der Waals surface area contributed by atoms with E-state index in [9.17, 15) is 4.79 Å². The highest BCUT2D eigenvalue weighted by Gasteiger charge is 2.29. The summed E-state index contributed by atoms with van der Waals surface area (Å²) >= 11 is 0. The predicted octanol–water partition coefficient (Wildman–Crippen LogP) is 3.24. The van der Waals surface area contributed by atoms with Crippen LogP contribution >= 0.6 is 0 Å². The normalized spacial score (nSPS) is 19.0. The number of aryl methyl sites for hydroxylation is 1. The lowest BCUT2D eigenvalue weighted by Crippen LogP contribution is -2.44. The fraction of sp³-hybridized carbons (Fsp3) is 0.500. The third-order valence-corrected chi connectivity index (χ3v) is 5.40. The molecule has 1 saturated carbocycles. The average Bonchev–Trinajstić information content (AvgIpc) is 3.45. The number of piperidine rings is 1. The second-order valence-electron chi connectivity index (χ2n) is 7.24. The van der Waals surface area contributed by atoms with Crippen LogP contribution in [0.3, 0.4) is 0 Å². The number of benzene rings is 1. The molecular weight excluding hydrogens is 298 g/mol. The molecule has 0 atom stereocenters. The molecule has 2 heterocycles. The second-order valence-corrected chi connectivity index (χ2v) is 7.24. The van der Waals surface area contributed by atoms with Crippen molar-refractivity contribution in [3.8, 4) is 0 Å². The lowest BCUT2D eigenvalue weighted by atomic mass is 10.0. The Kier molecular flexibility index (Phi) is 4.01. The van der Waals surface area contributed by atoms with Gasteiger partial charge in [-0.15, -0.1) is 0 Å². The molecule has 1 aliphatic heterocycles. The molecule has 24 heavy (non-hydrogen) atoms. The highest BCUT2D eigenvalue weighted by molar-refractivity contribution is 6.06. The molecule has 1 aromatic heterocycles. The van der Waals surface area contributed by atoms with Gasteiger partial charge in [0, 0.05) is 36.1 Å². The summed E-state index contributed by atoms with van der Waals surface area (Å²) in [7, 11) is 2.00. The van der Waals surface area contributed by atoms with Gasteiger partial charge >= 0.3 is 0 Å². The first-order valence-corrected chi connectivity index (χ1v) is 9.03. The van der Waals surface area contributed by atoms with Crippen LogP contribution in [0.25, 0.3) is 10.9 Å². The fourth-order valence-electron chi connectivity index (χ4n) is 3.67. The zero-order valence-corrected chi connectivity index (χ0v) is 14.5. The summed E-state index contributed by atoms with van der Waals surface area (Å²) < 4.78 is 0. The van der Waals surface area contributed by atoms with Crippen LogP contribution in [0.1, 0.15) is 53.2 Å². The van der Waals surface area contributed by atoms with E-state index in [0.717, 1.165) is 48.1 Å². The Balaban J connectivity index is 1.71. The maximum absolute atomic E-state index is 13.2. The van der Waals surface area contributed by atoms with Gasteiger partial charge in [-0.05, 0) is 57.9 Å². The first-order chi connectivity index (χ1) is 11.7. The van der Waals surface area contributed by atoms with Crippen molar-refractivity contribution < 1.29 is 4.79 Å². The Labute approximate surface area is 143 Å². The molecule has 2 fully saturated rings. The molecule has 0 radical (unpaired) electrons. The summed E-state index contributed by atoms with van der Waals surface area (Å²) in [4.78, 5) is 20.0. The third-order valence-electron chi connectivity index (χ3n) is 5.40. The molecule has 0 spiro atoms. The van der Waals surface area contributed by atoms with Crippen molar-refractivity contribution in [2.24, 2.45) is 0 Å². The van der Waals surface area contributed by atoms with Gasteiger partial charge in [0.15, 0.2) is 0 Å². The number of aromatic nitrogens is 1. The van der Waals surface area contributed by atoms with Crippen LogP contribution in [0.15, 0.2) is 24.3 Å². The molecule has 1 N–H and O–H groups in total. The number of hydrogen-bond acceptors (Lipinski definition) is 3. The van der Waals surface area contributed by atoms with E-state index in [2.05, 4.69) is 36.5 Å². The maximum atomic E-state index is 13.2. The zero-order valence-electron chi connectivity index (χ0n) is 14.5. The number of likely N-dealkylation sites (tertiary alicyclic amines) is 1. The number of nitrogens with zero attached hydrogens (tertiary/aromatic N) is 2. The number of pyridine rings is 1. The van der Waals surface area contributed by atoms with Crippen LogP contribution in [0, 0.1) is 6.92 Å². The van der Waals surface area contributed by atoms with Gasteiger partial charge in [-0.2, -0.15) is 0 Å². The van der Waals surface area contributed by atoms with Gasteiger partial charge in [0.2, 0.25) is 0 Å². The van der Waals surface area contributed by atoms with Gasteiger partial charge in [0.05, 0.1) is 11.1 Å². The molecule has 2 aromatic rings. The molecule has 2 aliphatic rings. The van der Waals surface area contributed by atoms with Crippen molar-refractivity contribution in [2.45, 2.75) is 44.6 Å². The van der Waals surface area contributed by atoms with E-state index in [0.29, 0.717) is 12.0 Å². The minimum absolute atomic E-state index is 0.171. The van der Waals surface area contributed by atoms with E-state index in [4.69, 9.17) is 4.98 Å². The van der Waals surface area contributed by atoms with Crippen molar-refractivity contribution in [3.05, 3.63) is 41.1 Å². The second kappa shape index (κ2) is 6.17. The summed E-state index contributed by atoms with van der Waals surface area (Å²) in [5.41, 5.74) is 4.07. The number of rotatable bonds is 3. The SMILES string of the molecule is CNC1CCN(C(=O)c2cc(C3CC3)nc3ccc(C)cc23)CC1. The van der Waals surface area contributed by atoms with Crippen molar-refractivity contribution in [1.29, 1.82) is 0 Å². The molecule has 4 heteroatoms. The van der Waals surface area contributed by atoms with Crippen LogP contribution < -0.4 is 5.32 Å². The van der Waals surface area contributed by atoms with Gasteiger partial charge in [0.1, 0.15) is 0 Å². The molecule has 1 amide bonds. The highest BCUT2D eigenvalue weighted by Crippen LogP contribution is 2.40. The van der Waals surface area contributed by atoms with Gasteiger partial charge < -0.3 is 10.2 Å². The summed E-state index contributed by atoms with van der Waals surface area (Å²) in [6.07, 6.45) is 4.46. The summed E-state index contributed by atoms with van der Waals surface area (Å²) in [6.45, 7) is 3.73. The molecule has 0 unspecified atom stereocenters. The summed E-state index contributed by atoms with van der Waals surface area (Å²) in [5.74, 6) is 0.724. The van der Waals surface area contributed by atoms with E-state index < -0.39 is 0 Å². The largest absolute Gasteiger partial charge is 0.339 e. The molecule has 1 aromatic carbocycles. The van der Waals surface area contributed by atoms with Crippen LogP contribution in [0.4, 0.5) is 0 Å². The summed E-state index contributed by atoms with van der Waals surface area (Å²) in [5, 5.41) is 4.32. The van der Waals surface area contributed by atoms with Gasteiger partial charge in [-0.3, -0.25) is 9.78 Å². The van der Waals surface area contributed by atoms with Crippen LogP contribution in [0.2, 0.25) is 0 Å².